The third-order valence-electron chi connectivity index (χ3n) is 4.03. The fraction of sp³-hybridized carbons (Fsp3) is 0.529. The number of ether oxygens (including phenoxy) is 1. The predicted molar refractivity (Wildman–Crippen MR) is 90.4 cm³/mol. The summed E-state index contributed by atoms with van der Waals surface area (Å²) in [6.45, 7) is 6.58. The second-order valence-corrected chi connectivity index (χ2v) is 6.94. The van der Waals surface area contributed by atoms with Crippen molar-refractivity contribution >= 4 is 11.3 Å². The van der Waals surface area contributed by atoms with Gasteiger partial charge in [-0.05, 0) is 23.6 Å². The van der Waals surface area contributed by atoms with Gasteiger partial charge >= 0.3 is 0 Å². The minimum Gasteiger partial charge on any atom is -0.467 e. The molecule has 0 bridgehead atoms. The van der Waals surface area contributed by atoms with Crippen molar-refractivity contribution in [3.05, 3.63) is 46.5 Å². The van der Waals surface area contributed by atoms with Crippen LogP contribution in [0, 0.1) is 0 Å². The Kier molecular flexibility index (Phi) is 6.24. The van der Waals surface area contributed by atoms with Crippen LogP contribution in [0.4, 0.5) is 0 Å². The predicted octanol–water partition coefficient (Wildman–Crippen LogP) is 2.04. The number of aliphatic hydroxyl groups excluding tert-OH is 1. The van der Waals surface area contributed by atoms with Gasteiger partial charge in [-0.2, -0.15) is 0 Å². The average molecular weight is 336 g/mol. The van der Waals surface area contributed by atoms with Crippen LogP contribution < -0.4 is 0 Å². The maximum absolute atomic E-state index is 10.1. The van der Waals surface area contributed by atoms with E-state index < -0.39 is 6.10 Å². The molecule has 0 amide bonds. The van der Waals surface area contributed by atoms with Gasteiger partial charge in [-0.3, -0.25) is 9.80 Å². The molecule has 1 aliphatic rings. The number of furan rings is 1. The monoisotopic (exact) mass is 336 g/mol. The molecule has 23 heavy (non-hydrogen) atoms. The van der Waals surface area contributed by atoms with Crippen LogP contribution in [-0.4, -0.2) is 60.3 Å². The molecule has 0 radical (unpaired) electrons. The molecule has 1 atom stereocenters. The van der Waals surface area contributed by atoms with Crippen LogP contribution in [-0.2, 0) is 17.9 Å². The lowest BCUT2D eigenvalue weighted by atomic mass is 10.2. The van der Waals surface area contributed by atoms with Gasteiger partial charge in [0.2, 0.25) is 0 Å². The average Bonchev–Trinajstić information content (AvgIpc) is 3.23. The third-order valence-corrected chi connectivity index (χ3v) is 4.89. The quantitative estimate of drug-likeness (QED) is 0.799. The molecule has 1 saturated heterocycles. The Labute approximate surface area is 141 Å². The molecule has 126 valence electrons. The number of hydrogen-bond donors (Lipinski definition) is 1. The normalized spacial score (nSPS) is 18.3. The van der Waals surface area contributed by atoms with E-state index in [4.69, 9.17) is 9.15 Å². The van der Waals surface area contributed by atoms with Crippen molar-refractivity contribution in [1.82, 2.24) is 9.80 Å². The number of β-amino-alcohol motifs (C(OH)–C–C–N with tert-alkyl or cyclic N) is 1. The summed E-state index contributed by atoms with van der Waals surface area (Å²) in [7, 11) is 0. The summed E-state index contributed by atoms with van der Waals surface area (Å²) in [5, 5.41) is 12.2. The number of thiophene rings is 1. The smallest absolute Gasteiger partial charge is 0.129 e. The molecule has 5 nitrogen and oxygen atoms in total. The van der Waals surface area contributed by atoms with E-state index in [1.165, 1.54) is 4.88 Å². The first-order chi connectivity index (χ1) is 11.3. The second kappa shape index (κ2) is 8.61. The SMILES string of the molecule is OC(COCc1ccco1)CN1CCN(Cc2cccs2)CC1. The Morgan fingerprint density at radius 2 is 2.00 bits per heavy atom. The number of rotatable bonds is 8. The third kappa shape index (κ3) is 5.44. The van der Waals surface area contributed by atoms with E-state index in [1.807, 2.05) is 23.5 Å². The highest BCUT2D eigenvalue weighted by atomic mass is 32.1. The fourth-order valence-corrected chi connectivity index (χ4v) is 3.54. The van der Waals surface area contributed by atoms with Crippen molar-refractivity contribution in [2.24, 2.45) is 0 Å². The Morgan fingerprint density at radius 1 is 1.17 bits per heavy atom. The number of hydrogen-bond acceptors (Lipinski definition) is 6. The van der Waals surface area contributed by atoms with Crippen molar-refractivity contribution in [3.8, 4) is 0 Å². The van der Waals surface area contributed by atoms with Gasteiger partial charge in [0, 0.05) is 44.1 Å². The van der Waals surface area contributed by atoms with E-state index in [0.717, 1.165) is 38.5 Å². The van der Waals surface area contributed by atoms with E-state index in [0.29, 0.717) is 19.8 Å². The first kappa shape index (κ1) is 16.7. The molecular weight excluding hydrogens is 312 g/mol. The van der Waals surface area contributed by atoms with Crippen LogP contribution in [0.1, 0.15) is 10.6 Å². The Hall–Kier alpha value is -1.18. The van der Waals surface area contributed by atoms with E-state index in [2.05, 4.69) is 27.3 Å². The molecule has 0 aliphatic carbocycles. The lowest BCUT2D eigenvalue weighted by Crippen LogP contribution is -2.48. The van der Waals surface area contributed by atoms with E-state index in [1.54, 1.807) is 6.26 Å². The van der Waals surface area contributed by atoms with E-state index in [-0.39, 0.29) is 0 Å². The summed E-state index contributed by atoms with van der Waals surface area (Å²) in [6, 6.07) is 8.01. The first-order valence-electron chi connectivity index (χ1n) is 8.05. The molecule has 1 N–H and O–H groups in total. The molecule has 2 aromatic rings. The summed E-state index contributed by atoms with van der Waals surface area (Å²) >= 11 is 1.82. The topological polar surface area (TPSA) is 49.1 Å². The van der Waals surface area contributed by atoms with Gasteiger partial charge < -0.3 is 14.3 Å². The molecule has 0 spiro atoms. The fourth-order valence-electron chi connectivity index (χ4n) is 2.79. The van der Waals surface area contributed by atoms with Crippen LogP contribution in [0.15, 0.2) is 40.3 Å². The zero-order valence-electron chi connectivity index (χ0n) is 13.3. The van der Waals surface area contributed by atoms with Crippen LogP contribution in [0.25, 0.3) is 0 Å². The van der Waals surface area contributed by atoms with Gasteiger partial charge in [0.05, 0.1) is 19.0 Å². The summed E-state index contributed by atoms with van der Waals surface area (Å²) in [4.78, 5) is 6.21. The maximum Gasteiger partial charge on any atom is 0.129 e. The van der Waals surface area contributed by atoms with Gasteiger partial charge in [0.1, 0.15) is 12.4 Å². The van der Waals surface area contributed by atoms with Gasteiger partial charge in [-0.1, -0.05) is 6.07 Å². The van der Waals surface area contributed by atoms with E-state index >= 15 is 0 Å². The first-order valence-corrected chi connectivity index (χ1v) is 8.93. The van der Waals surface area contributed by atoms with Crippen LogP contribution >= 0.6 is 11.3 Å². The van der Waals surface area contributed by atoms with Gasteiger partial charge in [-0.15, -0.1) is 11.3 Å². The lowest BCUT2D eigenvalue weighted by molar-refractivity contribution is -0.00302. The summed E-state index contributed by atoms with van der Waals surface area (Å²) in [5.41, 5.74) is 0. The van der Waals surface area contributed by atoms with Crippen molar-refractivity contribution in [3.63, 3.8) is 0 Å². The summed E-state index contributed by atoms with van der Waals surface area (Å²) < 4.78 is 10.7. The highest BCUT2D eigenvalue weighted by Gasteiger charge is 2.19. The molecule has 3 heterocycles. The Balaban J connectivity index is 1.30. The van der Waals surface area contributed by atoms with Crippen molar-refractivity contribution in [2.45, 2.75) is 19.3 Å². The van der Waals surface area contributed by atoms with E-state index in [9.17, 15) is 5.11 Å². The second-order valence-electron chi connectivity index (χ2n) is 5.90. The minimum atomic E-state index is -0.450. The molecule has 1 fully saturated rings. The Morgan fingerprint density at radius 3 is 2.70 bits per heavy atom. The molecule has 3 rings (SSSR count). The van der Waals surface area contributed by atoms with Crippen LogP contribution in [0.3, 0.4) is 0 Å². The van der Waals surface area contributed by atoms with Gasteiger partial charge in [0.25, 0.3) is 0 Å². The molecule has 1 aliphatic heterocycles. The van der Waals surface area contributed by atoms with Crippen LogP contribution in [0.5, 0.6) is 0 Å². The summed E-state index contributed by atoms with van der Waals surface area (Å²) in [6.07, 6.45) is 1.18. The molecule has 0 aromatic carbocycles. The van der Waals surface area contributed by atoms with Crippen LogP contribution in [0.2, 0.25) is 0 Å². The molecule has 1 unspecified atom stereocenters. The number of nitrogens with zero attached hydrogens (tertiary/aromatic N) is 2. The molecule has 0 saturated carbocycles. The highest BCUT2D eigenvalue weighted by Crippen LogP contribution is 2.13. The number of piperazine rings is 1. The van der Waals surface area contributed by atoms with Crippen molar-refractivity contribution < 1.29 is 14.3 Å². The molecular formula is C17H24N2O3S. The van der Waals surface area contributed by atoms with Crippen molar-refractivity contribution in [1.29, 1.82) is 0 Å². The van der Waals surface area contributed by atoms with Gasteiger partial charge in [0.15, 0.2) is 0 Å². The molecule has 6 heteroatoms. The van der Waals surface area contributed by atoms with Crippen molar-refractivity contribution in [2.75, 3.05) is 39.3 Å². The zero-order valence-corrected chi connectivity index (χ0v) is 14.1. The van der Waals surface area contributed by atoms with Gasteiger partial charge in [-0.25, -0.2) is 0 Å². The largest absolute Gasteiger partial charge is 0.467 e. The standard InChI is InChI=1S/C17H24N2O3S/c20-15(13-21-14-16-3-1-9-22-16)11-18-5-7-19(8-6-18)12-17-4-2-10-23-17/h1-4,9-10,15,20H,5-8,11-14H2. The number of aliphatic hydroxyl groups is 1. The lowest BCUT2D eigenvalue weighted by Gasteiger charge is -2.35. The zero-order chi connectivity index (χ0) is 15.9. The molecule has 2 aromatic heterocycles. The minimum absolute atomic E-state index is 0.343. The maximum atomic E-state index is 10.1. The summed E-state index contributed by atoms with van der Waals surface area (Å²) in [5.74, 6) is 0.791. The highest BCUT2D eigenvalue weighted by molar-refractivity contribution is 7.09. The Bertz CT molecular complexity index is 536.